The Bertz CT molecular complexity index is 747. The highest BCUT2D eigenvalue weighted by Gasteiger charge is 2.15. The number of benzene rings is 2. The van der Waals surface area contributed by atoms with E-state index in [0.717, 1.165) is 11.3 Å². The van der Waals surface area contributed by atoms with E-state index in [-0.39, 0.29) is 11.7 Å². The summed E-state index contributed by atoms with van der Waals surface area (Å²) in [5, 5.41) is 17.5. The molecule has 0 bridgehead atoms. The zero-order valence-corrected chi connectivity index (χ0v) is 14.3. The maximum Gasteiger partial charge on any atom is 0.262 e. The minimum absolute atomic E-state index is 0.152. The van der Waals surface area contributed by atoms with E-state index >= 15 is 0 Å². The van der Waals surface area contributed by atoms with Crippen molar-refractivity contribution in [2.24, 2.45) is 5.10 Å². The van der Waals surface area contributed by atoms with Crippen LogP contribution >= 0.6 is 11.6 Å². The Hall–Kier alpha value is -2.53. The highest BCUT2D eigenvalue weighted by Crippen LogP contribution is 2.19. The van der Waals surface area contributed by atoms with Crippen LogP contribution in [0.2, 0.25) is 5.02 Å². The molecule has 0 aliphatic heterocycles. The molecule has 0 aromatic heterocycles. The SMILES string of the molecule is CCC(Nc1cccc(Cl)c1)C(=O)NN=Cc1cccc(C)c1O. The molecular formula is C18H20ClN3O2. The largest absolute Gasteiger partial charge is 0.507 e. The van der Waals surface area contributed by atoms with Gasteiger partial charge in [-0.2, -0.15) is 5.10 Å². The maximum absolute atomic E-state index is 12.2. The molecule has 2 rings (SSSR count). The Balaban J connectivity index is 1.99. The van der Waals surface area contributed by atoms with Crippen LogP contribution in [0.15, 0.2) is 47.6 Å². The van der Waals surface area contributed by atoms with E-state index in [9.17, 15) is 9.90 Å². The third-order valence-corrected chi connectivity index (χ3v) is 3.77. The number of phenolic OH excluding ortho intramolecular Hbond substituents is 1. The summed E-state index contributed by atoms with van der Waals surface area (Å²) in [5.74, 6) is -0.111. The fourth-order valence-electron chi connectivity index (χ4n) is 2.16. The van der Waals surface area contributed by atoms with Crippen LogP contribution in [0.25, 0.3) is 0 Å². The molecule has 0 aliphatic rings. The average Bonchev–Trinajstić information content (AvgIpc) is 2.56. The van der Waals surface area contributed by atoms with E-state index in [1.807, 2.05) is 25.1 Å². The zero-order valence-electron chi connectivity index (χ0n) is 13.6. The van der Waals surface area contributed by atoms with Crippen molar-refractivity contribution in [1.82, 2.24) is 5.43 Å². The molecule has 0 heterocycles. The van der Waals surface area contributed by atoms with E-state index < -0.39 is 6.04 Å². The predicted octanol–water partition coefficient (Wildman–Crippen LogP) is 3.69. The van der Waals surface area contributed by atoms with Crippen molar-refractivity contribution < 1.29 is 9.90 Å². The van der Waals surface area contributed by atoms with Gasteiger partial charge < -0.3 is 10.4 Å². The lowest BCUT2D eigenvalue weighted by molar-refractivity contribution is -0.121. The highest BCUT2D eigenvalue weighted by atomic mass is 35.5. The van der Waals surface area contributed by atoms with Crippen molar-refractivity contribution >= 4 is 29.4 Å². The molecule has 6 heteroatoms. The topological polar surface area (TPSA) is 73.7 Å². The Morgan fingerprint density at radius 1 is 1.33 bits per heavy atom. The molecule has 5 nitrogen and oxygen atoms in total. The molecule has 3 N–H and O–H groups in total. The highest BCUT2D eigenvalue weighted by molar-refractivity contribution is 6.30. The predicted molar refractivity (Wildman–Crippen MR) is 97.7 cm³/mol. The summed E-state index contributed by atoms with van der Waals surface area (Å²) in [6.45, 7) is 3.70. The third kappa shape index (κ3) is 4.73. The van der Waals surface area contributed by atoms with Gasteiger partial charge in [0.25, 0.3) is 5.91 Å². The van der Waals surface area contributed by atoms with Crippen molar-refractivity contribution in [1.29, 1.82) is 0 Å². The number of carbonyl (C=O) groups excluding carboxylic acids is 1. The molecule has 0 aliphatic carbocycles. The minimum Gasteiger partial charge on any atom is -0.507 e. The molecule has 2 aromatic carbocycles. The molecule has 126 valence electrons. The van der Waals surface area contributed by atoms with Crippen molar-refractivity contribution in [3.8, 4) is 5.75 Å². The minimum atomic E-state index is -0.438. The second kappa shape index (κ2) is 8.36. The smallest absolute Gasteiger partial charge is 0.262 e. The lowest BCUT2D eigenvalue weighted by Gasteiger charge is -2.16. The number of para-hydroxylation sites is 1. The van der Waals surface area contributed by atoms with Crippen LogP contribution in [-0.4, -0.2) is 23.3 Å². The normalized spacial score (nSPS) is 12.1. The number of hydrogen-bond donors (Lipinski definition) is 3. The first-order valence-electron chi connectivity index (χ1n) is 7.65. The van der Waals surface area contributed by atoms with Gasteiger partial charge in [0.1, 0.15) is 11.8 Å². The Labute approximate surface area is 146 Å². The van der Waals surface area contributed by atoms with Gasteiger partial charge in [0, 0.05) is 16.3 Å². The number of hydrazone groups is 1. The summed E-state index contributed by atoms with van der Waals surface area (Å²) in [6.07, 6.45) is 2.01. The summed E-state index contributed by atoms with van der Waals surface area (Å²) >= 11 is 5.94. The van der Waals surface area contributed by atoms with Gasteiger partial charge >= 0.3 is 0 Å². The molecule has 0 saturated heterocycles. The van der Waals surface area contributed by atoms with Crippen LogP contribution in [-0.2, 0) is 4.79 Å². The van der Waals surface area contributed by atoms with Crippen LogP contribution in [0.5, 0.6) is 5.75 Å². The van der Waals surface area contributed by atoms with E-state index in [0.29, 0.717) is 17.0 Å². The van der Waals surface area contributed by atoms with Gasteiger partial charge in [-0.15, -0.1) is 0 Å². The number of halogens is 1. The van der Waals surface area contributed by atoms with Crippen LogP contribution in [0, 0.1) is 6.92 Å². The van der Waals surface area contributed by atoms with Gasteiger partial charge in [0.2, 0.25) is 0 Å². The number of phenols is 1. The average molecular weight is 346 g/mol. The number of hydrogen-bond acceptors (Lipinski definition) is 4. The number of carbonyl (C=O) groups is 1. The van der Waals surface area contributed by atoms with Crippen molar-refractivity contribution in [3.05, 3.63) is 58.6 Å². The Kier molecular flexibility index (Phi) is 6.21. The molecule has 0 saturated carbocycles. The summed E-state index contributed by atoms with van der Waals surface area (Å²) in [7, 11) is 0. The molecule has 1 amide bonds. The Morgan fingerprint density at radius 2 is 2.08 bits per heavy atom. The van der Waals surface area contributed by atoms with Gasteiger partial charge in [-0.25, -0.2) is 5.43 Å². The standard InChI is InChI=1S/C18H20ClN3O2/c1-3-16(21-15-9-5-8-14(19)10-15)18(24)22-20-11-13-7-4-6-12(2)17(13)23/h4-11,16,21,23H,3H2,1-2H3,(H,22,24). The first-order chi connectivity index (χ1) is 11.5. The van der Waals surface area contributed by atoms with E-state index in [2.05, 4.69) is 15.8 Å². The molecule has 0 fully saturated rings. The number of nitrogens with one attached hydrogen (secondary N) is 2. The van der Waals surface area contributed by atoms with Gasteiger partial charge in [0.05, 0.1) is 6.21 Å². The summed E-state index contributed by atoms with van der Waals surface area (Å²) in [5.41, 5.74) is 4.55. The van der Waals surface area contributed by atoms with Crippen LogP contribution in [0.4, 0.5) is 5.69 Å². The second-order valence-electron chi connectivity index (χ2n) is 5.36. The van der Waals surface area contributed by atoms with Crippen molar-refractivity contribution in [2.45, 2.75) is 26.3 Å². The first-order valence-corrected chi connectivity index (χ1v) is 8.02. The summed E-state index contributed by atoms with van der Waals surface area (Å²) in [4.78, 5) is 12.2. The van der Waals surface area contributed by atoms with Gasteiger partial charge in [-0.05, 0) is 43.2 Å². The lowest BCUT2D eigenvalue weighted by atomic mass is 10.1. The molecular weight excluding hydrogens is 326 g/mol. The molecule has 24 heavy (non-hydrogen) atoms. The van der Waals surface area contributed by atoms with Crippen LogP contribution < -0.4 is 10.7 Å². The molecule has 1 atom stereocenters. The van der Waals surface area contributed by atoms with Gasteiger partial charge in [0.15, 0.2) is 0 Å². The number of aromatic hydroxyl groups is 1. The summed E-state index contributed by atoms with van der Waals surface area (Å²) in [6, 6.07) is 12.1. The molecule has 0 radical (unpaired) electrons. The number of anilines is 1. The third-order valence-electron chi connectivity index (χ3n) is 3.54. The van der Waals surface area contributed by atoms with Gasteiger partial charge in [-0.1, -0.05) is 36.7 Å². The molecule has 2 aromatic rings. The number of nitrogens with zero attached hydrogens (tertiary/aromatic N) is 1. The van der Waals surface area contributed by atoms with Crippen LogP contribution in [0.1, 0.15) is 24.5 Å². The van der Waals surface area contributed by atoms with E-state index in [1.165, 1.54) is 6.21 Å². The monoisotopic (exact) mass is 345 g/mol. The second-order valence-corrected chi connectivity index (χ2v) is 5.80. The summed E-state index contributed by atoms with van der Waals surface area (Å²) < 4.78 is 0. The number of amides is 1. The first kappa shape index (κ1) is 17.8. The van der Waals surface area contributed by atoms with Crippen LogP contribution in [0.3, 0.4) is 0 Å². The van der Waals surface area contributed by atoms with Gasteiger partial charge in [-0.3, -0.25) is 4.79 Å². The quantitative estimate of drug-likeness (QED) is 0.552. The molecule has 0 spiro atoms. The molecule has 1 unspecified atom stereocenters. The maximum atomic E-state index is 12.2. The van der Waals surface area contributed by atoms with E-state index in [1.54, 1.807) is 31.2 Å². The fraction of sp³-hybridized carbons (Fsp3) is 0.222. The van der Waals surface area contributed by atoms with E-state index in [4.69, 9.17) is 11.6 Å². The lowest BCUT2D eigenvalue weighted by Crippen LogP contribution is -2.36. The fourth-order valence-corrected chi connectivity index (χ4v) is 2.35. The van der Waals surface area contributed by atoms with Crippen molar-refractivity contribution in [3.63, 3.8) is 0 Å². The zero-order chi connectivity index (χ0) is 17.5. The number of aryl methyl sites for hydroxylation is 1. The number of rotatable bonds is 6. The van der Waals surface area contributed by atoms with Crippen molar-refractivity contribution in [2.75, 3.05) is 5.32 Å². The Morgan fingerprint density at radius 3 is 2.79 bits per heavy atom.